The Morgan fingerprint density at radius 2 is 0.828 bits per heavy atom. The van der Waals surface area contributed by atoms with Gasteiger partial charge in [-0.3, -0.25) is 0 Å². The van der Waals surface area contributed by atoms with Crippen LogP contribution >= 0.6 is 0 Å². The molecule has 0 amide bonds. The third-order valence-corrected chi connectivity index (χ3v) is 6.26. The Labute approximate surface area is 213 Å². The number of allylic oxidation sites excluding steroid dienone is 4. The average Bonchev–Trinajstić information content (AvgIpc) is 3.04. The van der Waals surface area contributed by atoms with Crippen LogP contribution < -0.4 is 0 Å². The van der Waals surface area contributed by atoms with Crippen LogP contribution in [0.4, 0.5) is 0 Å². The normalized spacial score (nSPS) is 17.5. The van der Waals surface area contributed by atoms with Crippen molar-refractivity contribution in [3.05, 3.63) is 40.9 Å². The maximum atomic E-state index is 4.94. The van der Waals surface area contributed by atoms with Crippen molar-refractivity contribution in [3.8, 4) is 0 Å². The molecule has 1 aliphatic heterocycles. The molecule has 0 aromatic heterocycles. The van der Waals surface area contributed by atoms with Crippen molar-refractivity contribution in [2.45, 2.75) is 99.5 Å². The third-order valence-electron chi connectivity index (χ3n) is 4.01. The minimum atomic E-state index is -1.13. The predicted octanol–water partition coefficient (Wildman–Crippen LogP) is 8.31. The van der Waals surface area contributed by atoms with Gasteiger partial charge in [-0.2, -0.15) is 0 Å². The van der Waals surface area contributed by atoms with E-state index in [0.717, 1.165) is 13.2 Å². The fourth-order valence-corrected chi connectivity index (χ4v) is 5.48. The van der Waals surface area contributed by atoms with Gasteiger partial charge >= 0.3 is 0 Å². The first-order chi connectivity index (χ1) is 12.3. The van der Waals surface area contributed by atoms with E-state index in [0.29, 0.717) is 0 Å². The van der Waals surface area contributed by atoms with Crippen LogP contribution in [0.2, 0.25) is 58.9 Å². The molecule has 0 atom stereocenters. The molecule has 2 radical (unpaired) electrons. The summed E-state index contributed by atoms with van der Waals surface area (Å²) in [6.45, 7) is 39.5. The largest absolute Gasteiger partial charge is 0.381 e. The molecule has 2 aliphatic rings. The van der Waals surface area contributed by atoms with Gasteiger partial charge in [-0.15, -0.1) is 16.1 Å². The second kappa shape index (κ2) is 15.1. The summed E-state index contributed by atoms with van der Waals surface area (Å²) in [7, 11) is -2.86. The van der Waals surface area contributed by atoms with E-state index < -0.39 is 24.2 Å². The number of rotatable bonds is 1. The molecule has 0 aromatic carbocycles. The van der Waals surface area contributed by atoms with Gasteiger partial charge in [-0.1, -0.05) is 70.1 Å². The first kappa shape index (κ1) is 34.8. The van der Waals surface area contributed by atoms with Crippen molar-refractivity contribution in [2.75, 3.05) is 13.2 Å². The molecular weight excluding hydrogens is 477 g/mol. The van der Waals surface area contributed by atoms with E-state index in [1.165, 1.54) is 24.0 Å². The molecule has 1 nitrogen and oxygen atoms in total. The molecule has 0 saturated carbocycles. The van der Waals surface area contributed by atoms with Gasteiger partial charge in [0.25, 0.3) is 0 Å². The van der Waals surface area contributed by atoms with E-state index >= 15 is 0 Å². The van der Waals surface area contributed by atoms with Gasteiger partial charge < -0.3 is 17.8 Å². The Morgan fingerprint density at radius 1 is 0.586 bits per heavy atom. The molecular formula is C24H51OSi3Y-2. The van der Waals surface area contributed by atoms with Gasteiger partial charge in [-0.05, 0) is 51.7 Å². The molecule has 0 N–H and O–H groups in total. The van der Waals surface area contributed by atoms with Crippen LogP contribution in [-0.4, -0.2) is 37.4 Å². The Morgan fingerprint density at radius 3 is 0.931 bits per heavy atom. The monoisotopic (exact) mass is 528 g/mol. The fourth-order valence-electron chi connectivity index (χ4n) is 2.85. The first-order valence-corrected chi connectivity index (χ1v) is 21.7. The SMILES string of the molecule is C1CCOC1.CC1=C(C)C(C)=C(C)[C]1[Si](C)(C)C.[CH2-][Si](C)(C)C.[CH2-][Si](C)(C)C.[Y]. The van der Waals surface area contributed by atoms with E-state index in [2.05, 4.69) is 99.7 Å². The minimum absolute atomic E-state index is 0. The van der Waals surface area contributed by atoms with E-state index in [1.54, 1.807) is 16.7 Å². The summed E-state index contributed by atoms with van der Waals surface area (Å²) in [5, 5.41) is 0. The zero-order valence-corrected chi connectivity index (χ0v) is 28.1. The minimum Gasteiger partial charge on any atom is -0.381 e. The van der Waals surface area contributed by atoms with Crippen molar-refractivity contribution in [1.82, 2.24) is 0 Å². The van der Waals surface area contributed by atoms with Crippen molar-refractivity contribution in [1.29, 1.82) is 0 Å². The molecule has 29 heavy (non-hydrogen) atoms. The van der Waals surface area contributed by atoms with Crippen LogP contribution in [0.3, 0.4) is 0 Å². The Hall–Kier alpha value is 1.19. The van der Waals surface area contributed by atoms with Gasteiger partial charge in [-0.25, -0.2) is 0 Å². The molecule has 170 valence electrons. The molecule has 0 aromatic rings. The fraction of sp³-hybridized carbons (Fsp3) is 0.708. The van der Waals surface area contributed by atoms with E-state index in [-0.39, 0.29) is 32.7 Å². The Balaban J connectivity index is -0.000000352. The summed E-state index contributed by atoms with van der Waals surface area (Å²) >= 11 is 0. The second-order valence-corrected chi connectivity index (χ2v) is 26.8. The maximum absolute atomic E-state index is 4.94. The summed E-state index contributed by atoms with van der Waals surface area (Å²) in [6, 6.07) is 0. The van der Waals surface area contributed by atoms with Crippen LogP contribution in [0.25, 0.3) is 0 Å². The molecule has 1 heterocycles. The molecule has 0 bridgehead atoms. The molecule has 0 spiro atoms. The van der Waals surface area contributed by atoms with E-state index in [4.69, 9.17) is 4.74 Å². The van der Waals surface area contributed by atoms with Crippen LogP contribution in [0, 0.1) is 18.6 Å². The average molecular weight is 529 g/mol. The standard InChI is InChI=1S/C12H21Si.C4H8O.2C4H11Si.Y/c1-8-9(2)11(4)12(10(8)3)13(5,6)7;1-2-4-5-3-1;2*1-5(2,3)4;/h1-7H3;1-4H2;2*1H2,2-4H3;/q;;2*-1;. The summed E-state index contributed by atoms with van der Waals surface area (Å²) in [4.78, 5) is 0. The van der Waals surface area contributed by atoms with Gasteiger partial charge in [0.1, 0.15) is 0 Å². The van der Waals surface area contributed by atoms with Crippen molar-refractivity contribution in [3.63, 3.8) is 0 Å². The van der Waals surface area contributed by atoms with E-state index in [1.807, 2.05) is 0 Å². The molecule has 2 rings (SSSR count). The van der Waals surface area contributed by atoms with Gasteiger partial charge in [0.05, 0.1) is 8.07 Å². The summed E-state index contributed by atoms with van der Waals surface area (Å²) < 4.78 is 4.94. The van der Waals surface area contributed by atoms with Crippen LogP contribution in [0.5, 0.6) is 0 Å². The smallest absolute Gasteiger partial charge is 0.0615 e. The second-order valence-electron chi connectivity index (χ2n) is 11.6. The molecule has 5 heteroatoms. The van der Waals surface area contributed by atoms with Gasteiger partial charge in [0.2, 0.25) is 0 Å². The first-order valence-electron chi connectivity index (χ1n) is 10.8. The van der Waals surface area contributed by atoms with Crippen molar-refractivity contribution >= 4 is 24.2 Å². The van der Waals surface area contributed by atoms with Crippen molar-refractivity contribution < 1.29 is 37.4 Å². The Kier molecular flexibility index (Phi) is 18.1. The quantitative estimate of drug-likeness (QED) is 0.246. The van der Waals surface area contributed by atoms with Gasteiger partial charge in [0.15, 0.2) is 0 Å². The number of hydrogen-bond donors (Lipinski definition) is 0. The maximum Gasteiger partial charge on any atom is 0.0615 e. The molecule has 0 unspecified atom stereocenters. The number of hydrogen-bond acceptors (Lipinski definition) is 1. The molecule has 1 aliphatic carbocycles. The van der Waals surface area contributed by atoms with Gasteiger partial charge in [0, 0.05) is 51.5 Å². The van der Waals surface area contributed by atoms with Crippen LogP contribution in [0.1, 0.15) is 40.5 Å². The third kappa shape index (κ3) is 20.8. The molecule has 1 saturated heterocycles. The molecule has 1 fully saturated rings. The Bertz CT molecular complexity index is 458. The van der Waals surface area contributed by atoms with Crippen molar-refractivity contribution in [2.24, 2.45) is 0 Å². The number of ether oxygens (including phenoxy) is 1. The summed E-state index contributed by atoms with van der Waals surface area (Å²) in [6.07, 6.45) is 2.56. The summed E-state index contributed by atoms with van der Waals surface area (Å²) in [5.41, 5.74) is 7.80. The van der Waals surface area contributed by atoms with E-state index in [9.17, 15) is 0 Å². The van der Waals surface area contributed by atoms with Crippen LogP contribution in [0.15, 0.2) is 22.3 Å². The zero-order valence-electron chi connectivity index (χ0n) is 22.2. The topological polar surface area (TPSA) is 9.23 Å². The zero-order chi connectivity index (χ0) is 22.9. The van der Waals surface area contributed by atoms with Crippen LogP contribution in [-0.2, 0) is 37.4 Å². The predicted molar refractivity (Wildman–Crippen MR) is 141 cm³/mol. The summed E-state index contributed by atoms with van der Waals surface area (Å²) in [5.74, 6) is 0.